The van der Waals surface area contributed by atoms with Crippen LogP contribution >= 0.6 is 27.3 Å². The van der Waals surface area contributed by atoms with Crippen LogP contribution in [0.5, 0.6) is 0 Å². The van der Waals surface area contributed by atoms with Crippen molar-refractivity contribution in [2.24, 2.45) is 5.10 Å². The maximum Gasteiger partial charge on any atom is 0.307 e. The summed E-state index contributed by atoms with van der Waals surface area (Å²) < 4.78 is 5.62. The lowest BCUT2D eigenvalue weighted by molar-refractivity contribution is 0.0926. The van der Waals surface area contributed by atoms with E-state index in [9.17, 15) is 4.79 Å². The van der Waals surface area contributed by atoms with E-state index in [1.165, 1.54) is 0 Å². The average Bonchev–Trinajstić information content (AvgIpc) is 2.95. The van der Waals surface area contributed by atoms with E-state index in [1.807, 2.05) is 24.4 Å². The first-order chi connectivity index (χ1) is 8.16. The Bertz CT molecular complexity index is 546. The van der Waals surface area contributed by atoms with Gasteiger partial charge in [-0.25, -0.2) is 5.43 Å². The zero-order valence-electron chi connectivity index (χ0n) is 8.94. The minimum Gasteiger partial charge on any atom is -0.444 e. The van der Waals surface area contributed by atoms with Crippen LogP contribution in [-0.4, -0.2) is 11.6 Å². The zero-order valence-corrected chi connectivity index (χ0v) is 11.3. The van der Waals surface area contributed by atoms with E-state index in [2.05, 4.69) is 26.5 Å². The lowest BCUT2D eigenvalue weighted by Gasteiger charge is -1.98. The minimum atomic E-state index is -0.369. The quantitative estimate of drug-likeness (QED) is 0.698. The number of thiophene rings is 1. The number of hydrazone groups is 1. The molecule has 0 bridgehead atoms. The van der Waals surface area contributed by atoms with E-state index >= 15 is 0 Å². The Balaban J connectivity index is 2.03. The van der Waals surface area contributed by atoms with Gasteiger partial charge in [0.2, 0.25) is 0 Å². The Morgan fingerprint density at radius 2 is 2.29 bits per heavy atom. The van der Waals surface area contributed by atoms with Crippen LogP contribution in [0.25, 0.3) is 0 Å². The predicted molar refractivity (Wildman–Crippen MR) is 70.4 cm³/mol. The lowest BCUT2D eigenvalue weighted by atomic mass is 10.3. The van der Waals surface area contributed by atoms with Gasteiger partial charge in [0.05, 0.1) is 5.71 Å². The molecule has 0 aliphatic carbocycles. The van der Waals surface area contributed by atoms with Crippen molar-refractivity contribution in [3.8, 4) is 0 Å². The SMILES string of the molecule is C/C(=N/NC(=O)c1ccc(Br)o1)c1cccs1. The van der Waals surface area contributed by atoms with Crippen molar-refractivity contribution in [2.75, 3.05) is 0 Å². The van der Waals surface area contributed by atoms with Crippen molar-refractivity contribution >= 4 is 38.9 Å². The molecule has 0 radical (unpaired) electrons. The highest BCUT2D eigenvalue weighted by atomic mass is 79.9. The molecule has 6 heteroatoms. The van der Waals surface area contributed by atoms with E-state index in [1.54, 1.807) is 23.5 Å². The molecule has 0 atom stereocenters. The molecule has 0 aliphatic heterocycles. The number of halogens is 1. The standard InChI is InChI=1S/C11H9BrN2O2S/c1-7(9-3-2-6-17-9)13-14-11(15)8-4-5-10(12)16-8/h2-6H,1H3,(H,14,15)/b13-7-. The molecule has 0 unspecified atom stereocenters. The molecule has 2 aromatic rings. The molecule has 0 saturated heterocycles. The molecule has 4 nitrogen and oxygen atoms in total. The first kappa shape index (κ1) is 12.1. The molecular formula is C11H9BrN2O2S. The topological polar surface area (TPSA) is 54.6 Å². The van der Waals surface area contributed by atoms with Crippen LogP contribution < -0.4 is 5.43 Å². The Hall–Kier alpha value is -1.40. The van der Waals surface area contributed by atoms with E-state index in [0.717, 1.165) is 10.6 Å². The molecule has 88 valence electrons. The summed E-state index contributed by atoms with van der Waals surface area (Å²) in [6, 6.07) is 7.11. The summed E-state index contributed by atoms with van der Waals surface area (Å²) in [4.78, 5) is 12.6. The van der Waals surface area contributed by atoms with Crippen LogP contribution in [-0.2, 0) is 0 Å². The highest BCUT2D eigenvalue weighted by Crippen LogP contribution is 2.14. The fourth-order valence-electron chi connectivity index (χ4n) is 1.17. The van der Waals surface area contributed by atoms with Crippen LogP contribution in [0.1, 0.15) is 22.4 Å². The van der Waals surface area contributed by atoms with Gasteiger partial charge >= 0.3 is 5.91 Å². The molecule has 2 rings (SSSR count). The number of nitrogens with one attached hydrogen (secondary N) is 1. The minimum absolute atomic E-state index is 0.222. The Morgan fingerprint density at radius 1 is 1.47 bits per heavy atom. The number of furan rings is 1. The van der Waals surface area contributed by atoms with Crippen molar-refractivity contribution in [3.63, 3.8) is 0 Å². The number of rotatable bonds is 3. The van der Waals surface area contributed by atoms with Gasteiger partial charge in [0.1, 0.15) is 0 Å². The second-order valence-electron chi connectivity index (χ2n) is 3.22. The van der Waals surface area contributed by atoms with Gasteiger partial charge in [-0.05, 0) is 46.4 Å². The third-order valence-corrected chi connectivity index (χ3v) is 3.40. The molecule has 17 heavy (non-hydrogen) atoms. The molecule has 2 heterocycles. The summed E-state index contributed by atoms with van der Waals surface area (Å²) in [5.41, 5.74) is 3.20. The third kappa shape index (κ3) is 3.04. The van der Waals surface area contributed by atoms with Gasteiger partial charge in [-0.3, -0.25) is 4.79 Å². The second-order valence-corrected chi connectivity index (χ2v) is 4.95. The molecule has 2 aromatic heterocycles. The number of hydrogen-bond donors (Lipinski definition) is 1. The molecule has 1 amide bonds. The van der Waals surface area contributed by atoms with Crippen molar-refractivity contribution in [1.82, 2.24) is 5.43 Å². The number of amides is 1. The van der Waals surface area contributed by atoms with Crippen LogP contribution in [0, 0.1) is 0 Å². The van der Waals surface area contributed by atoms with Gasteiger partial charge < -0.3 is 4.42 Å². The van der Waals surface area contributed by atoms with Crippen LogP contribution in [0.15, 0.2) is 43.8 Å². The van der Waals surface area contributed by atoms with Crippen LogP contribution in [0.2, 0.25) is 0 Å². The molecule has 0 aliphatic rings. The average molecular weight is 313 g/mol. The summed E-state index contributed by atoms with van der Waals surface area (Å²) in [6.45, 7) is 1.84. The number of carbonyl (C=O) groups excluding carboxylic acids is 1. The van der Waals surface area contributed by atoms with E-state index in [4.69, 9.17) is 4.42 Å². The Morgan fingerprint density at radius 3 is 2.88 bits per heavy atom. The largest absolute Gasteiger partial charge is 0.444 e. The molecule has 1 N–H and O–H groups in total. The number of carbonyl (C=O) groups is 1. The van der Waals surface area contributed by atoms with Crippen molar-refractivity contribution in [1.29, 1.82) is 0 Å². The molecular weight excluding hydrogens is 304 g/mol. The van der Waals surface area contributed by atoms with Gasteiger partial charge in [0, 0.05) is 4.88 Å². The monoisotopic (exact) mass is 312 g/mol. The molecule has 0 saturated carbocycles. The van der Waals surface area contributed by atoms with Gasteiger partial charge in [0.15, 0.2) is 10.4 Å². The number of nitrogens with zero attached hydrogens (tertiary/aromatic N) is 1. The van der Waals surface area contributed by atoms with Crippen molar-refractivity contribution < 1.29 is 9.21 Å². The van der Waals surface area contributed by atoms with Gasteiger partial charge in [-0.2, -0.15) is 5.10 Å². The highest BCUT2D eigenvalue weighted by molar-refractivity contribution is 9.10. The maximum absolute atomic E-state index is 11.6. The van der Waals surface area contributed by atoms with Crippen LogP contribution in [0.4, 0.5) is 0 Å². The van der Waals surface area contributed by atoms with Gasteiger partial charge in [0.25, 0.3) is 0 Å². The summed E-state index contributed by atoms with van der Waals surface area (Å²) in [5.74, 6) is -0.147. The van der Waals surface area contributed by atoms with E-state index < -0.39 is 0 Å². The molecule has 0 fully saturated rings. The summed E-state index contributed by atoms with van der Waals surface area (Å²) in [6.07, 6.45) is 0. The number of hydrogen-bond acceptors (Lipinski definition) is 4. The normalized spacial score (nSPS) is 11.5. The summed E-state index contributed by atoms with van der Waals surface area (Å²) >= 11 is 4.70. The fraction of sp³-hybridized carbons (Fsp3) is 0.0909. The highest BCUT2D eigenvalue weighted by Gasteiger charge is 2.09. The predicted octanol–water partition coefficient (Wildman–Crippen LogP) is 3.26. The van der Waals surface area contributed by atoms with Gasteiger partial charge in [-0.15, -0.1) is 11.3 Å². The fourth-order valence-corrected chi connectivity index (χ4v) is 2.15. The zero-order chi connectivity index (χ0) is 12.3. The van der Waals surface area contributed by atoms with E-state index in [-0.39, 0.29) is 11.7 Å². The molecule has 0 aromatic carbocycles. The van der Waals surface area contributed by atoms with Gasteiger partial charge in [-0.1, -0.05) is 6.07 Å². The smallest absolute Gasteiger partial charge is 0.307 e. The Labute approximate surface area is 110 Å². The van der Waals surface area contributed by atoms with E-state index in [0.29, 0.717) is 4.67 Å². The second kappa shape index (κ2) is 5.29. The first-order valence-electron chi connectivity index (χ1n) is 4.80. The summed E-state index contributed by atoms with van der Waals surface area (Å²) in [5, 5.41) is 5.96. The summed E-state index contributed by atoms with van der Waals surface area (Å²) in [7, 11) is 0. The third-order valence-electron chi connectivity index (χ3n) is 2.00. The first-order valence-corrected chi connectivity index (χ1v) is 6.48. The Kier molecular flexibility index (Phi) is 3.75. The van der Waals surface area contributed by atoms with Crippen LogP contribution in [0.3, 0.4) is 0 Å². The maximum atomic E-state index is 11.6. The van der Waals surface area contributed by atoms with Crippen molar-refractivity contribution in [3.05, 3.63) is 45.0 Å². The molecule has 0 spiro atoms. The van der Waals surface area contributed by atoms with Crippen molar-refractivity contribution in [2.45, 2.75) is 6.92 Å². The lowest BCUT2D eigenvalue weighted by Crippen LogP contribution is -2.18.